The number of tetrazole rings is 1. The number of carbonyl (C=O) groups is 1. The normalized spacial score (nSPS) is 10.5. The van der Waals surface area contributed by atoms with Gasteiger partial charge < -0.3 is 10.1 Å². The first kappa shape index (κ1) is 17.2. The van der Waals surface area contributed by atoms with E-state index in [0.29, 0.717) is 27.2 Å². The smallest absolute Gasteiger partial charge is 0.259 e. The number of aromatic nitrogens is 4. The third kappa shape index (κ3) is 3.92. The number of aryl methyl sites for hydroxylation is 1. The molecule has 0 aliphatic rings. The highest BCUT2D eigenvalue weighted by atomic mass is 35.5. The van der Waals surface area contributed by atoms with Crippen molar-refractivity contribution in [3.8, 4) is 5.75 Å². The number of benzene rings is 2. The summed E-state index contributed by atoms with van der Waals surface area (Å²) in [6, 6.07) is 12.2. The fourth-order valence-electron chi connectivity index (χ4n) is 2.12. The van der Waals surface area contributed by atoms with Crippen LogP contribution in [0.2, 0.25) is 5.02 Å². The topological polar surface area (TPSA) is 81.9 Å². The summed E-state index contributed by atoms with van der Waals surface area (Å²) in [4.78, 5) is 13.4. The molecule has 0 aliphatic heterocycles. The number of nitrogens with one attached hydrogen (secondary N) is 1. The number of para-hydroxylation sites is 1. The second kappa shape index (κ2) is 7.54. The minimum Gasteiger partial charge on any atom is -0.496 e. The van der Waals surface area contributed by atoms with E-state index in [4.69, 9.17) is 16.3 Å². The predicted molar refractivity (Wildman–Crippen MR) is 95.3 cm³/mol. The lowest BCUT2D eigenvalue weighted by atomic mass is 10.2. The van der Waals surface area contributed by atoms with Gasteiger partial charge in [-0.25, -0.2) is 4.68 Å². The van der Waals surface area contributed by atoms with E-state index in [-0.39, 0.29) is 5.91 Å². The van der Waals surface area contributed by atoms with Gasteiger partial charge in [-0.15, -0.1) is 5.10 Å². The Labute approximate surface area is 153 Å². The van der Waals surface area contributed by atoms with Gasteiger partial charge in [0.25, 0.3) is 5.91 Å². The molecule has 3 rings (SSSR count). The standard InChI is InChI=1S/C16H14ClN5O2S/c1-22-16(19-20-21-22)25-14-8-7-10(17)9-12(14)18-15(23)11-5-3-4-6-13(11)24-2/h3-9H,1-2H3,(H,18,23). The zero-order valence-corrected chi connectivity index (χ0v) is 15.0. The van der Waals surface area contributed by atoms with E-state index < -0.39 is 0 Å². The second-order valence-corrected chi connectivity index (χ2v) is 6.43. The lowest BCUT2D eigenvalue weighted by Crippen LogP contribution is -2.13. The molecule has 0 fully saturated rings. The van der Waals surface area contributed by atoms with Crippen LogP contribution in [-0.2, 0) is 7.05 Å². The molecule has 1 N–H and O–H groups in total. The summed E-state index contributed by atoms with van der Waals surface area (Å²) < 4.78 is 6.78. The molecule has 0 unspecified atom stereocenters. The number of hydrogen-bond donors (Lipinski definition) is 1. The Hall–Kier alpha value is -2.58. The number of anilines is 1. The van der Waals surface area contributed by atoms with Crippen LogP contribution < -0.4 is 10.1 Å². The molecule has 0 aliphatic carbocycles. The number of amides is 1. The number of hydrogen-bond acceptors (Lipinski definition) is 6. The molecule has 1 aromatic heterocycles. The Balaban J connectivity index is 1.90. The van der Waals surface area contributed by atoms with E-state index in [0.717, 1.165) is 4.90 Å². The van der Waals surface area contributed by atoms with Crippen LogP contribution >= 0.6 is 23.4 Å². The highest BCUT2D eigenvalue weighted by Gasteiger charge is 2.16. The van der Waals surface area contributed by atoms with Gasteiger partial charge in [0.2, 0.25) is 5.16 Å². The van der Waals surface area contributed by atoms with Crippen LogP contribution in [0.15, 0.2) is 52.5 Å². The van der Waals surface area contributed by atoms with Crippen molar-refractivity contribution in [1.82, 2.24) is 20.2 Å². The van der Waals surface area contributed by atoms with Crippen LogP contribution in [0.4, 0.5) is 5.69 Å². The second-order valence-electron chi connectivity index (χ2n) is 4.98. The first-order valence-electron chi connectivity index (χ1n) is 7.22. The molecular weight excluding hydrogens is 362 g/mol. The summed E-state index contributed by atoms with van der Waals surface area (Å²) in [5.41, 5.74) is 0.998. The number of rotatable bonds is 5. The molecule has 0 saturated carbocycles. The van der Waals surface area contributed by atoms with Crippen LogP contribution in [0.5, 0.6) is 5.75 Å². The number of methoxy groups -OCH3 is 1. The highest BCUT2D eigenvalue weighted by molar-refractivity contribution is 7.99. The van der Waals surface area contributed by atoms with Crippen molar-refractivity contribution in [2.75, 3.05) is 12.4 Å². The van der Waals surface area contributed by atoms with Crippen molar-refractivity contribution < 1.29 is 9.53 Å². The largest absolute Gasteiger partial charge is 0.496 e. The number of carbonyl (C=O) groups excluding carboxylic acids is 1. The molecule has 1 amide bonds. The maximum Gasteiger partial charge on any atom is 0.259 e. The molecule has 9 heteroatoms. The van der Waals surface area contributed by atoms with Crippen molar-refractivity contribution in [1.29, 1.82) is 0 Å². The summed E-state index contributed by atoms with van der Waals surface area (Å²) in [7, 11) is 3.26. The number of halogens is 1. The molecule has 2 aromatic carbocycles. The molecule has 128 valence electrons. The van der Waals surface area contributed by atoms with Crippen LogP contribution in [0, 0.1) is 0 Å². The van der Waals surface area contributed by atoms with Gasteiger partial charge in [0.05, 0.1) is 18.4 Å². The van der Waals surface area contributed by atoms with E-state index in [2.05, 4.69) is 20.8 Å². The molecule has 3 aromatic rings. The van der Waals surface area contributed by atoms with Crippen LogP contribution in [0.25, 0.3) is 0 Å². The van der Waals surface area contributed by atoms with Crippen LogP contribution in [-0.4, -0.2) is 33.2 Å². The van der Waals surface area contributed by atoms with E-state index >= 15 is 0 Å². The van der Waals surface area contributed by atoms with Crippen LogP contribution in [0.3, 0.4) is 0 Å². The quantitative estimate of drug-likeness (QED) is 0.737. The lowest BCUT2D eigenvalue weighted by molar-refractivity contribution is 0.102. The van der Waals surface area contributed by atoms with E-state index in [1.807, 2.05) is 0 Å². The molecule has 0 spiro atoms. The van der Waals surface area contributed by atoms with Gasteiger partial charge >= 0.3 is 0 Å². The SMILES string of the molecule is COc1ccccc1C(=O)Nc1cc(Cl)ccc1Sc1nnnn1C. The van der Waals surface area contributed by atoms with E-state index in [1.54, 1.807) is 54.2 Å². The van der Waals surface area contributed by atoms with Gasteiger partial charge in [-0.1, -0.05) is 23.7 Å². The van der Waals surface area contributed by atoms with E-state index in [1.165, 1.54) is 18.9 Å². The van der Waals surface area contributed by atoms with Gasteiger partial charge in [0.1, 0.15) is 5.75 Å². The Morgan fingerprint density at radius 2 is 2.08 bits per heavy atom. The first-order chi connectivity index (χ1) is 12.1. The highest BCUT2D eigenvalue weighted by Crippen LogP contribution is 2.34. The molecule has 0 radical (unpaired) electrons. The minimum absolute atomic E-state index is 0.294. The predicted octanol–water partition coefficient (Wildman–Crippen LogP) is 3.28. The van der Waals surface area contributed by atoms with Crippen LogP contribution in [0.1, 0.15) is 10.4 Å². The monoisotopic (exact) mass is 375 g/mol. The molecule has 7 nitrogen and oxygen atoms in total. The van der Waals surface area contributed by atoms with Gasteiger partial charge in [0, 0.05) is 17.0 Å². The molecule has 0 bridgehead atoms. The third-order valence-corrected chi connectivity index (χ3v) is 4.66. The number of nitrogens with zero attached hydrogens (tertiary/aromatic N) is 4. The summed E-state index contributed by atoms with van der Waals surface area (Å²) in [6.45, 7) is 0. The average Bonchev–Trinajstić information content (AvgIpc) is 3.02. The van der Waals surface area contributed by atoms with Crippen molar-refractivity contribution >= 4 is 35.0 Å². The van der Waals surface area contributed by atoms with Crippen molar-refractivity contribution in [3.05, 3.63) is 53.1 Å². The zero-order chi connectivity index (χ0) is 17.8. The fraction of sp³-hybridized carbons (Fsp3) is 0.125. The summed E-state index contributed by atoms with van der Waals surface area (Å²) in [5.74, 6) is 0.200. The Bertz CT molecular complexity index is 915. The number of ether oxygens (including phenoxy) is 1. The molecule has 1 heterocycles. The molecule has 0 saturated heterocycles. The maximum atomic E-state index is 12.6. The van der Waals surface area contributed by atoms with Crippen molar-refractivity contribution in [2.45, 2.75) is 10.1 Å². The lowest BCUT2D eigenvalue weighted by Gasteiger charge is -2.12. The third-order valence-electron chi connectivity index (χ3n) is 3.32. The Kier molecular flexibility index (Phi) is 5.20. The Morgan fingerprint density at radius 1 is 1.28 bits per heavy atom. The fourth-order valence-corrected chi connectivity index (χ4v) is 3.09. The van der Waals surface area contributed by atoms with Gasteiger partial charge in [-0.3, -0.25) is 4.79 Å². The van der Waals surface area contributed by atoms with Gasteiger partial charge in [-0.2, -0.15) is 0 Å². The molecular formula is C16H14ClN5O2S. The maximum absolute atomic E-state index is 12.6. The Morgan fingerprint density at radius 3 is 2.80 bits per heavy atom. The summed E-state index contributed by atoms with van der Waals surface area (Å²) in [6.07, 6.45) is 0. The molecule has 25 heavy (non-hydrogen) atoms. The zero-order valence-electron chi connectivity index (χ0n) is 13.4. The van der Waals surface area contributed by atoms with Gasteiger partial charge in [-0.05, 0) is 52.5 Å². The van der Waals surface area contributed by atoms with E-state index in [9.17, 15) is 4.79 Å². The van der Waals surface area contributed by atoms with Crippen molar-refractivity contribution in [3.63, 3.8) is 0 Å². The summed E-state index contributed by atoms with van der Waals surface area (Å²) >= 11 is 7.41. The first-order valence-corrected chi connectivity index (χ1v) is 8.42. The van der Waals surface area contributed by atoms with Crippen molar-refractivity contribution in [2.24, 2.45) is 7.05 Å². The molecule has 0 atom stereocenters. The minimum atomic E-state index is -0.294. The summed E-state index contributed by atoms with van der Waals surface area (Å²) in [5, 5.41) is 15.3. The van der Waals surface area contributed by atoms with Gasteiger partial charge in [0.15, 0.2) is 0 Å². The average molecular weight is 376 g/mol.